The third kappa shape index (κ3) is 2.63. The van der Waals surface area contributed by atoms with Crippen LogP contribution in [0.5, 0.6) is 0 Å². The maximum absolute atomic E-state index is 3.62. The molecule has 1 aromatic carbocycles. The van der Waals surface area contributed by atoms with Gasteiger partial charge in [0.2, 0.25) is 0 Å². The Hall–Kier alpha value is -0.860. The SMILES string of the molecule is CNCC(C)NCC1(c2ccccc2)CC1. The molecule has 88 valence electrons. The average Bonchev–Trinajstić information content (AvgIpc) is 3.09. The van der Waals surface area contributed by atoms with Crippen molar-refractivity contribution >= 4 is 0 Å². The fourth-order valence-electron chi connectivity index (χ4n) is 2.26. The Morgan fingerprint density at radius 3 is 2.50 bits per heavy atom. The van der Waals surface area contributed by atoms with Crippen molar-refractivity contribution in [2.45, 2.75) is 31.2 Å². The van der Waals surface area contributed by atoms with E-state index in [2.05, 4.69) is 47.9 Å². The highest BCUT2D eigenvalue weighted by Gasteiger charge is 2.43. The molecule has 1 atom stereocenters. The smallest absolute Gasteiger partial charge is 0.0164 e. The van der Waals surface area contributed by atoms with E-state index in [1.165, 1.54) is 18.4 Å². The molecule has 0 saturated heterocycles. The molecule has 1 aliphatic carbocycles. The van der Waals surface area contributed by atoms with Gasteiger partial charge in [-0.3, -0.25) is 0 Å². The lowest BCUT2D eigenvalue weighted by molar-refractivity contribution is 0.481. The van der Waals surface area contributed by atoms with Crippen LogP contribution in [0.3, 0.4) is 0 Å². The molecular formula is C14H22N2. The Bertz CT molecular complexity index is 317. The second kappa shape index (κ2) is 4.98. The van der Waals surface area contributed by atoms with E-state index in [1.54, 1.807) is 0 Å². The van der Waals surface area contributed by atoms with Crippen LogP contribution < -0.4 is 10.6 Å². The Labute approximate surface area is 98.4 Å². The van der Waals surface area contributed by atoms with Crippen molar-refractivity contribution in [1.82, 2.24) is 10.6 Å². The molecule has 2 heteroatoms. The van der Waals surface area contributed by atoms with E-state index < -0.39 is 0 Å². The van der Waals surface area contributed by atoms with Gasteiger partial charge >= 0.3 is 0 Å². The van der Waals surface area contributed by atoms with Crippen LogP contribution in [0.15, 0.2) is 30.3 Å². The summed E-state index contributed by atoms with van der Waals surface area (Å²) in [7, 11) is 2.00. The van der Waals surface area contributed by atoms with Gasteiger partial charge in [-0.1, -0.05) is 30.3 Å². The van der Waals surface area contributed by atoms with Gasteiger partial charge in [0, 0.05) is 24.5 Å². The van der Waals surface area contributed by atoms with Crippen LogP contribution in [0.1, 0.15) is 25.3 Å². The Balaban J connectivity index is 1.90. The molecule has 0 bridgehead atoms. The van der Waals surface area contributed by atoms with E-state index in [4.69, 9.17) is 0 Å². The molecule has 1 aliphatic rings. The summed E-state index contributed by atoms with van der Waals surface area (Å²) in [6.45, 7) is 4.38. The minimum absolute atomic E-state index is 0.434. The van der Waals surface area contributed by atoms with Crippen molar-refractivity contribution in [3.8, 4) is 0 Å². The third-order valence-corrected chi connectivity index (χ3v) is 3.54. The summed E-state index contributed by atoms with van der Waals surface area (Å²) in [6.07, 6.45) is 2.66. The van der Waals surface area contributed by atoms with Crippen molar-refractivity contribution < 1.29 is 0 Å². The number of likely N-dealkylation sites (N-methyl/N-ethyl adjacent to an activating group) is 1. The number of hydrogen-bond donors (Lipinski definition) is 2. The molecule has 1 fully saturated rings. The molecule has 1 saturated carbocycles. The zero-order chi connectivity index (χ0) is 11.4. The summed E-state index contributed by atoms with van der Waals surface area (Å²) >= 11 is 0. The Morgan fingerprint density at radius 1 is 1.25 bits per heavy atom. The summed E-state index contributed by atoms with van der Waals surface area (Å²) in [5.74, 6) is 0. The number of rotatable bonds is 6. The van der Waals surface area contributed by atoms with Crippen LogP contribution >= 0.6 is 0 Å². The van der Waals surface area contributed by atoms with Crippen molar-refractivity contribution in [3.05, 3.63) is 35.9 Å². The summed E-state index contributed by atoms with van der Waals surface area (Å²) < 4.78 is 0. The fraction of sp³-hybridized carbons (Fsp3) is 0.571. The zero-order valence-corrected chi connectivity index (χ0v) is 10.3. The summed E-state index contributed by atoms with van der Waals surface area (Å²) in [5, 5.41) is 6.82. The van der Waals surface area contributed by atoms with Gasteiger partial charge in [-0.05, 0) is 32.4 Å². The lowest BCUT2D eigenvalue weighted by atomic mass is 9.96. The largest absolute Gasteiger partial charge is 0.318 e. The van der Waals surface area contributed by atoms with Crippen LogP contribution in [-0.2, 0) is 5.41 Å². The minimum atomic E-state index is 0.434. The first kappa shape index (κ1) is 11.6. The standard InChI is InChI=1S/C14H22N2/c1-12(10-15-2)16-11-14(8-9-14)13-6-4-3-5-7-13/h3-7,12,15-16H,8-11H2,1-2H3. The van der Waals surface area contributed by atoms with Gasteiger partial charge in [0.1, 0.15) is 0 Å². The lowest BCUT2D eigenvalue weighted by Gasteiger charge is -2.20. The van der Waals surface area contributed by atoms with Gasteiger partial charge in [0.25, 0.3) is 0 Å². The summed E-state index contributed by atoms with van der Waals surface area (Å²) in [6, 6.07) is 11.5. The summed E-state index contributed by atoms with van der Waals surface area (Å²) in [4.78, 5) is 0. The van der Waals surface area contributed by atoms with Crippen LogP contribution in [0.4, 0.5) is 0 Å². The average molecular weight is 218 g/mol. The van der Waals surface area contributed by atoms with Gasteiger partial charge in [-0.2, -0.15) is 0 Å². The molecular weight excluding hydrogens is 196 g/mol. The lowest BCUT2D eigenvalue weighted by Crippen LogP contribution is -2.39. The first-order valence-electron chi connectivity index (χ1n) is 6.20. The normalized spacial score (nSPS) is 19.4. The monoisotopic (exact) mass is 218 g/mol. The predicted molar refractivity (Wildman–Crippen MR) is 68.7 cm³/mol. The van der Waals surface area contributed by atoms with Crippen LogP contribution in [0.2, 0.25) is 0 Å². The minimum Gasteiger partial charge on any atom is -0.318 e. The molecule has 0 heterocycles. The molecule has 0 amide bonds. The number of benzene rings is 1. The second-order valence-corrected chi connectivity index (χ2v) is 4.99. The highest BCUT2D eigenvalue weighted by Crippen LogP contribution is 2.47. The Kier molecular flexibility index (Phi) is 3.62. The van der Waals surface area contributed by atoms with Crippen molar-refractivity contribution in [2.75, 3.05) is 20.1 Å². The van der Waals surface area contributed by atoms with E-state index in [1.807, 2.05) is 7.05 Å². The highest BCUT2D eigenvalue weighted by atomic mass is 15.0. The molecule has 16 heavy (non-hydrogen) atoms. The number of nitrogens with one attached hydrogen (secondary N) is 2. The van der Waals surface area contributed by atoms with Crippen molar-refractivity contribution in [2.24, 2.45) is 0 Å². The molecule has 0 radical (unpaired) electrons. The first-order chi connectivity index (χ1) is 7.77. The quantitative estimate of drug-likeness (QED) is 0.762. The zero-order valence-electron chi connectivity index (χ0n) is 10.3. The summed E-state index contributed by atoms with van der Waals surface area (Å²) in [5.41, 5.74) is 1.93. The molecule has 2 nitrogen and oxygen atoms in total. The van der Waals surface area contributed by atoms with Crippen LogP contribution in [0.25, 0.3) is 0 Å². The molecule has 1 aromatic rings. The van der Waals surface area contributed by atoms with E-state index in [-0.39, 0.29) is 0 Å². The molecule has 2 rings (SSSR count). The van der Waals surface area contributed by atoms with Gasteiger partial charge in [0.15, 0.2) is 0 Å². The van der Waals surface area contributed by atoms with Crippen LogP contribution in [0, 0.1) is 0 Å². The molecule has 2 N–H and O–H groups in total. The van der Waals surface area contributed by atoms with E-state index in [0.29, 0.717) is 11.5 Å². The van der Waals surface area contributed by atoms with Crippen molar-refractivity contribution in [3.63, 3.8) is 0 Å². The fourth-order valence-corrected chi connectivity index (χ4v) is 2.26. The number of hydrogen-bond acceptors (Lipinski definition) is 2. The first-order valence-corrected chi connectivity index (χ1v) is 6.20. The van der Waals surface area contributed by atoms with Gasteiger partial charge in [0.05, 0.1) is 0 Å². The molecule has 0 spiro atoms. The maximum atomic E-state index is 3.62. The van der Waals surface area contributed by atoms with E-state index >= 15 is 0 Å². The van der Waals surface area contributed by atoms with Gasteiger partial charge < -0.3 is 10.6 Å². The van der Waals surface area contributed by atoms with Crippen LogP contribution in [-0.4, -0.2) is 26.2 Å². The topological polar surface area (TPSA) is 24.1 Å². The van der Waals surface area contributed by atoms with Gasteiger partial charge in [-0.15, -0.1) is 0 Å². The second-order valence-electron chi connectivity index (χ2n) is 4.99. The maximum Gasteiger partial charge on any atom is 0.0164 e. The van der Waals surface area contributed by atoms with E-state index in [0.717, 1.165) is 13.1 Å². The van der Waals surface area contributed by atoms with E-state index in [9.17, 15) is 0 Å². The molecule has 0 aliphatic heterocycles. The molecule has 1 unspecified atom stereocenters. The van der Waals surface area contributed by atoms with Gasteiger partial charge in [-0.25, -0.2) is 0 Å². The molecule has 0 aromatic heterocycles. The highest BCUT2D eigenvalue weighted by molar-refractivity contribution is 5.31. The third-order valence-electron chi connectivity index (χ3n) is 3.54. The van der Waals surface area contributed by atoms with Crippen molar-refractivity contribution in [1.29, 1.82) is 0 Å². The predicted octanol–water partition coefficient (Wildman–Crippen LogP) is 1.92. The Morgan fingerprint density at radius 2 is 1.94 bits per heavy atom.